The van der Waals surface area contributed by atoms with Gasteiger partial charge in [-0.3, -0.25) is 0 Å². The van der Waals surface area contributed by atoms with Crippen LogP contribution in [0.4, 0.5) is 4.79 Å². The number of nitrogens with zero attached hydrogens (tertiary/aromatic N) is 1. The lowest BCUT2D eigenvalue weighted by Gasteiger charge is -2.24. The Balaban J connectivity index is 2.17. The van der Waals surface area contributed by atoms with E-state index in [4.69, 9.17) is 11.6 Å². The van der Waals surface area contributed by atoms with Crippen LogP contribution < -0.4 is 5.32 Å². The molecule has 1 aromatic rings. The lowest BCUT2D eigenvalue weighted by Crippen LogP contribution is -2.39. The van der Waals surface area contributed by atoms with Gasteiger partial charge in [0.05, 0.1) is 0 Å². The average molecular weight is 271 g/mol. The second-order valence-corrected chi connectivity index (χ2v) is 5.43. The largest absolute Gasteiger partial charge is 0.338 e. The molecule has 0 radical (unpaired) electrons. The Labute approximate surface area is 111 Å². The number of hydrogen-bond acceptors (Lipinski definition) is 2. The van der Waals surface area contributed by atoms with Crippen molar-refractivity contribution >= 4 is 29.4 Å². The van der Waals surface area contributed by atoms with Gasteiger partial charge in [-0.05, 0) is 24.6 Å². The van der Waals surface area contributed by atoms with E-state index < -0.39 is 0 Å². The molecular formula is C12H15ClN2OS. The molecule has 17 heavy (non-hydrogen) atoms. The van der Waals surface area contributed by atoms with E-state index in [0.717, 1.165) is 17.9 Å². The first-order valence-electron chi connectivity index (χ1n) is 5.64. The molecule has 1 aromatic carbocycles. The van der Waals surface area contributed by atoms with E-state index in [-0.39, 0.29) is 11.4 Å². The van der Waals surface area contributed by atoms with Gasteiger partial charge in [0.15, 0.2) is 0 Å². The number of nitrogens with one attached hydrogen (secondary N) is 1. The van der Waals surface area contributed by atoms with E-state index in [2.05, 4.69) is 5.32 Å². The van der Waals surface area contributed by atoms with Crippen molar-refractivity contribution in [3.63, 3.8) is 0 Å². The van der Waals surface area contributed by atoms with Gasteiger partial charge in [-0.1, -0.05) is 23.7 Å². The summed E-state index contributed by atoms with van der Waals surface area (Å²) in [4.78, 5) is 13.7. The highest BCUT2D eigenvalue weighted by Gasteiger charge is 2.30. The average Bonchev–Trinajstić information content (AvgIpc) is 2.78. The van der Waals surface area contributed by atoms with Crippen LogP contribution in [-0.4, -0.2) is 29.8 Å². The van der Waals surface area contributed by atoms with E-state index in [1.807, 2.05) is 36.1 Å². The summed E-state index contributed by atoms with van der Waals surface area (Å²) in [6.45, 7) is 3.37. The molecule has 1 heterocycles. The first-order chi connectivity index (χ1) is 8.22. The summed E-state index contributed by atoms with van der Waals surface area (Å²) in [7, 11) is 0. The minimum Gasteiger partial charge on any atom is -0.338 e. The van der Waals surface area contributed by atoms with Crippen LogP contribution in [0.3, 0.4) is 0 Å². The molecule has 1 fully saturated rings. The summed E-state index contributed by atoms with van der Waals surface area (Å²) >= 11 is 7.76. The fraction of sp³-hybridized carbons (Fsp3) is 0.417. The SMILES string of the molecule is CCNC(=O)N1CCSC1c1cccc(Cl)c1. The Bertz CT molecular complexity index is 413. The number of halogens is 1. The molecule has 1 atom stereocenters. The number of carbonyl (C=O) groups excluding carboxylic acids is 1. The lowest BCUT2D eigenvalue weighted by molar-refractivity contribution is 0.201. The fourth-order valence-corrected chi connectivity index (χ4v) is 3.31. The Kier molecular flexibility index (Phi) is 4.18. The van der Waals surface area contributed by atoms with Crippen molar-refractivity contribution in [3.8, 4) is 0 Å². The van der Waals surface area contributed by atoms with Crippen molar-refractivity contribution in [1.82, 2.24) is 10.2 Å². The molecule has 2 amide bonds. The third-order valence-corrected chi connectivity index (χ3v) is 4.11. The van der Waals surface area contributed by atoms with E-state index >= 15 is 0 Å². The second kappa shape index (κ2) is 5.65. The normalized spacial score (nSPS) is 19.4. The number of benzene rings is 1. The van der Waals surface area contributed by atoms with Gasteiger partial charge in [-0.2, -0.15) is 0 Å². The van der Waals surface area contributed by atoms with Crippen molar-refractivity contribution < 1.29 is 4.79 Å². The molecule has 0 aromatic heterocycles. The number of thioether (sulfide) groups is 1. The predicted octanol–water partition coefficient (Wildman–Crippen LogP) is 3.12. The summed E-state index contributed by atoms with van der Waals surface area (Å²) in [5.74, 6) is 0.967. The molecule has 3 nitrogen and oxygen atoms in total. The molecule has 0 saturated carbocycles. The van der Waals surface area contributed by atoms with Crippen molar-refractivity contribution in [2.24, 2.45) is 0 Å². The number of carbonyl (C=O) groups is 1. The molecule has 0 aliphatic carbocycles. The summed E-state index contributed by atoms with van der Waals surface area (Å²) in [5.41, 5.74) is 1.09. The number of rotatable bonds is 2. The Hall–Kier alpha value is -0.870. The van der Waals surface area contributed by atoms with Crippen molar-refractivity contribution in [3.05, 3.63) is 34.9 Å². The zero-order valence-electron chi connectivity index (χ0n) is 9.65. The summed E-state index contributed by atoms with van der Waals surface area (Å²) in [5, 5.41) is 3.64. The van der Waals surface area contributed by atoms with Crippen molar-refractivity contribution in [1.29, 1.82) is 0 Å². The highest BCUT2D eigenvalue weighted by molar-refractivity contribution is 7.99. The van der Waals surface area contributed by atoms with E-state index in [9.17, 15) is 4.79 Å². The smallest absolute Gasteiger partial charge is 0.318 e. The van der Waals surface area contributed by atoms with Gasteiger partial charge in [0.25, 0.3) is 0 Å². The highest BCUT2D eigenvalue weighted by Crippen LogP contribution is 2.38. The van der Waals surface area contributed by atoms with Gasteiger partial charge in [-0.25, -0.2) is 4.79 Å². The third-order valence-electron chi connectivity index (χ3n) is 2.61. The minimum absolute atomic E-state index is 0.00229. The number of urea groups is 1. The minimum atomic E-state index is 0.00229. The topological polar surface area (TPSA) is 32.3 Å². The van der Waals surface area contributed by atoms with Crippen LogP contribution in [0, 0.1) is 0 Å². The van der Waals surface area contributed by atoms with Crippen LogP contribution in [0.5, 0.6) is 0 Å². The fourth-order valence-electron chi connectivity index (χ4n) is 1.87. The van der Waals surface area contributed by atoms with Gasteiger partial charge < -0.3 is 10.2 Å². The molecule has 1 aliphatic heterocycles. The molecule has 1 N–H and O–H groups in total. The molecule has 2 rings (SSSR count). The molecule has 0 spiro atoms. The van der Waals surface area contributed by atoms with Crippen LogP contribution in [-0.2, 0) is 0 Å². The molecular weight excluding hydrogens is 256 g/mol. The first-order valence-corrected chi connectivity index (χ1v) is 7.06. The summed E-state index contributed by atoms with van der Waals surface area (Å²) in [6, 6.07) is 7.72. The molecule has 92 valence electrons. The molecule has 1 saturated heterocycles. The van der Waals surface area contributed by atoms with Crippen LogP contribution in [0.1, 0.15) is 17.9 Å². The Morgan fingerprint density at radius 3 is 3.18 bits per heavy atom. The van der Waals surface area contributed by atoms with Gasteiger partial charge in [0.1, 0.15) is 5.37 Å². The maximum Gasteiger partial charge on any atom is 0.318 e. The van der Waals surface area contributed by atoms with E-state index in [0.29, 0.717) is 11.6 Å². The molecule has 0 bridgehead atoms. The maximum atomic E-state index is 11.9. The number of hydrogen-bond donors (Lipinski definition) is 1. The summed E-state index contributed by atoms with van der Waals surface area (Å²) < 4.78 is 0. The second-order valence-electron chi connectivity index (χ2n) is 3.81. The summed E-state index contributed by atoms with van der Waals surface area (Å²) in [6.07, 6.45) is 0. The first kappa shape index (κ1) is 12.6. The number of amides is 2. The highest BCUT2D eigenvalue weighted by atomic mass is 35.5. The maximum absolute atomic E-state index is 11.9. The lowest BCUT2D eigenvalue weighted by atomic mass is 10.2. The van der Waals surface area contributed by atoms with Gasteiger partial charge in [0.2, 0.25) is 0 Å². The predicted molar refractivity (Wildman–Crippen MR) is 72.4 cm³/mol. The third kappa shape index (κ3) is 2.87. The van der Waals surface area contributed by atoms with Gasteiger partial charge >= 0.3 is 6.03 Å². The monoisotopic (exact) mass is 270 g/mol. The van der Waals surface area contributed by atoms with Crippen molar-refractivity contribution in [2.45, 2.75) is 12.3 Å². The molecule has 1 aliphatic rings. The van der Waals surface area contributed by atoms with Crippen LogP contribution in [0.2, 0.25) is 5.02 Å². The standard InChI is InChI=1S/C12H15ClN2OS/c1-2-14-12(16)15-6-7-17-11(15)9-4-3-5-10(13)8-9/h3-5,8,11H,2,6-7H2,1H3,(H,14,16). The van der Waals surface area contributed by atoms with Crippen LogP contribution in [0.25, 0.3) is 0 Å². The molecule has 5 heteroatoms. The van der Waals surface area contributed by atoms with Crippen LogP contribution >= 0.6 is 23.4 Å². The zero-order chi connectivity index (χ0) is 12.3. The quantitative estimate of drug-likeness (QED) is 0.896. The van der Waals surface area contributed by atoms with Crippen molar-refractivity contribution in [2.75, 3.05) is 18.8 Å². The molecule has 1 unspecified atom stereocenters. The van der Waals surface area contributed by atoms with Crippen LogP contribution in [0.15, 0.2) is 24.3 Å². The Morgan fingerprint density at radius 2 is 2.47 bits per heavy atom. The van der Waals surface area contributed by atoms with Gasteiger partial charge in [0, 0.05) is 23.9 Å². The zero-order valence-corrected chi connectivity index (χ0v) is 11.2. The van der Waals surface area contributed by atoms with E-state index in [1.54, 1.807) is 11.8 Å². The van der Waals surface area contributed by atoms with Gasteiger partial charge in [-0.15, -0.1) is 11.8 Å². The van der Waals surface area contributed by atoms with E-state index in [1.165, 1.54) is 0 Å². The Morgan fingerprint density at radius 1 is 1.65 bits per heavy atom.